The first-order valence-corrected chi connectivity index (χ1v) is 8.01. The molecule has 118 valence electrons. The van der Waals surface area contributed by atoms with Crippen LogP contribution >= 0.6 is 0 Å². The van der Waals surface area contributed by atoms with Crippen LogP contribution in [-0.4, -0.2) is 44.2 Å². The molecule has 1 aromatic carbocycles. The van der Waals surface area contributed by atoms with Crippen LogP contribution < -0.4 is 10.2 Å². The predicted octanol–water partition coefficient (Wildman–Crippen LogP) is 3.03. The maximum absolute atomic E-state index is 14.6. The van der Waals surface area contributed by atoms with E-state index in [2.05, 4.69) is 42.9 Å². The molecule has 4 heteroatoms. The summed E-state index contributed by atoms with van der Waals surface area (Å²) in [5.74, 6) is -0.103. The van der Waals surface area contributed by atoms with E-state index < -0.39 is 0 Å². The van der Waals surface area contributed by atoms with E-state index in [1.165, 1.54) is 0 Å². The van der Waals surface area contributed by atoms with Gasteiger partial charge in [-0.3, -0.25) is 0 Å². The average molecular weight is 293 g/mol. The summed E-state index contributed by atoms with van der Waals surface area (Å²) in [6.07, 6.45) is 1.07. The number of halogens is 1. The molecule has 1 N–H and O–H groups in total. The number of hydrogen-bond acceptors (Lipinski definition) is 3. The van der Waals surface area contributed by atoms with E-state index >= 15 is 0 Å². The van der Waals surface area contributed by atoms with Gasteiger partial charge in [0, 0.05) is 25.2 Å². The fourth-order valence-corrected chi connectivity index (χ4v) is 3.31. The van der Waals surface area contributed by atoms with Gasteiger partial charge in [-0.05, 0) is 52.0 Å². The first-order chi connectivity index (χ1) is 10.0. The SMILES string of the molecule is CCNC(C)c1cccc(F)c1N1CCCN(C)CC1C. The van der Waals surface area contributed by atoms with Crippen molar-refractivity contribution >= 4 is 5.69 Å². The van der Waals surface area contributed by atoms with Gasteiger partial charge in [-0.2, -0.15) is 0 Å². The predicted molar refractivity (Wildman–Crippen MR) is 87.4 cm³/mol. The highest BCUT2D eigenvalue weighted by atomic mass is 19.1. The quantitative estimate of drug-likeness (QED) is 0.920. The number of para-hydroxylation sites is 1. The Morgan fingerprint density at radius 3 is 2.86 bits per heavy atom. The van der Waals surface area contributed by atoms with Crippen molar-refractivity contribution in [3.05, 3.63) is 29.6 Å². The Morgan fingerprint density at radius 2 is 2.14 bits per heavy atom. The van der Waals surface area contributed by atoms with E-state index in [4.69, 9.17) is 0 Å². The van der Waals surface area contributed by atoms with Gasteiger partial charge in [-0.1, -0.05) is 19.1 Å². The molecule has 1 fully saturated rings. The molecule has 0 aromatic heterocycles. The molecule has 3 nitrogen and oxygen atoms in total. The molecule has 0 spiro atoms. The molecule has 1 saturated heterocycles. The van der Waals surface area contributed by atoms with Crippen molar-refractivity contribution in [3.8, 4) is 0 Å². The molecule has 0 aliphatic carbocycles. The molecule has 1 aliphatic rings. The summed E-state index contributed by atoms with van der Waals surface area (Å²) in [5, 5.41) is 3.40. The Labute approximate surface area is 128 Å². The molecule has 2 unspecified atom stereocenters. The second-order valence-electron chi connectivity index (χ2n) is 6.12. The lowest BCUT2D eigenvalue weighted by Gasteiger charge is -2.33. The molecule has 1 heterocycles. The zero-order valence-electron chi connectivity index (χ0n) is 13.7. The van der Waals surface area contributed by atoms with Crippen molar-refractivity contribution in [2.75, 3.05) is 38.1 Å². The zero-order valence-corrected chi connectivity index (χ0v) is 13.7. The summed E-state index contributed by atoms with van der Waals surface area (Å²) < 4.78 is 14.6. The number of likely N-dealkylation sites (N-methyl/N-ethyl adjacent to an activating group) is 1. The normalized spacial score (nSPS) is 22.1. The van der Waals surface area contributed by atoms with E-state index in [-0.39, 0.29) is 11.9 Å². The third-order valence-corrected chi connectivity index (χ3v) is 4.33. The minimum atomic E-state index is -0.103. The lowest BCUT2D eigenvalue weighted by molar-refractivity contribution is 0.337. The van der Waals surface area contributed by atoms with Crippen molar-refractivity contribution in [1.29, 1.82) is 0 Å². The van der Waals surface area contributed by atoms with Crippen molar-refractivity contribution < 1.29 is 4.39 Å². The lowest BCUT2D eigenvalue weighted by atomic mass is 10.0. The van der Waals surface area contributed by atoms with Crippen LogP contribution in [0.3, 0.4) is 0 Å². The Balaban J connectivity index is 2.36. The summed E-state index contributed by atoms with van der Waals surface area (Å²) in [5.41, 5.74) is 1.85. The molecule has 1 aliphatic heterocycles. The van der Waals surface area contributed by atoms with E-state index in [1.54, 1.807) is 6.07 Å². The van der Waals surface area contributed by atoms with Crippen LogP contribution in [0.2, 0.25) is 0 Å². The highest BCUT2D eigenvalue weighted by molar-refractivity contribution is 5.57. The van der Waals surface area contributed by atoms with E-state index in [0.29, 0.717) is 6.04 Å². The summed E-state index contributed by atoms with van der Waals surface area (Å²) in [7, 11) is 2.14. The van der Waals surface area contributed by atoms with Crippen molar-refractivity contribution in [3.63, 3.8) is 0 Å². The molecular formula is C17H28FN3. The molecule has 0 bridgehead atoms. The standard InChI is InChI=1S/C17H28FN3/c1-5-19-14(3)15-8-6-9-16(18)17(15)21-11-7-10-20(4)12-13(21)2/h6,8-9,13-14,19H,5,7,10-12H2,1-4H3. The molecule has 0 radical (unpaired) electrons. The van der Waals surface area contributed by atoms with Crippen molar-refractivity contribution in [2.45, 2.75) is 39.3 Å². The van der Waals surface area contributed by atoms with Crippen LogP contribution in [0.15, 0.2) is 18.2 Å². The molecule has 21 heavy (non-hydrogen) atoms. The summed E-state index contributed by atoms with van der Waals surface area (Å²) in [6.45, 7) is 10.2. The highest BCUT2D eigenvalue weighted by Gasteiger charge is 2.25. The first kappa shape index (κ1) is 16.2. The third kappa shape index (κ3) is 3.74. The molecule has 2 atom stereocenters. The maximum atomic E-state index is 14.6. The summed E-state index contributed by atoms with van der Waals surface area (Å²) >= 11 is 0. The summed E-state index contributed by atoms with van der Waals surface area (Å²) in [4.78, 5) is 4.58. The molecule has 0 amide bonds. The highest BCUT2D eigenvalue weighted by Crippen LogP contribution is 2.31. The minimum Gasteiger partial charge on any atom is -0.365 e. The second kappa shape index (κ2) is 7.23. The fourth-order valence-electron chi connectivity index (χ4n) is 3.31. The molecular weight excluding hydrogens is 265 g/mol. The minimum absolute atomic E-state index is 0.103. The largest absolute Gasteiger partial charge is 0.365 e. The van der Waals surface area contributed by atoms with Gasteiger partial charge in [0.25, 0.3) is 0 Å². The fraction of sp³-hybridized carbons (Fsp3) is 0.647. The van der Waals surface area contributed by atoms with Gasteiger partial charge in [0.15, 0.2) is 0 Å². The van der Waals surface area contributed by atoms with Gasteiger partial charge >= 0.3 is 0 Å². The van der Waals surface area contributed by atoms with Gasteiger partial charge in [0.2, 0.25) is 0 Å². The number of nitrogens with one attached hydrogen (secondary N) is 1. The van der Waals surface area contributed by atoms with Crippen molar-refractivity contribution in [2.24, 2.45) is 0 Å². The topological polar surface area (TPSA) is 18.5 Å². The first-order valence-electron chi connectivity index (χ1n) is 8.01. The number of anilines is 1. The van der Waals surface area contributed by atoms with E-state index in [9.17, 15) is 4.39 Å². The van der Waals surface area contributed by atoms with Gasteiger partial charge in [-0.25, -0.2) is 4.39 Å². The van der Waals surface area contributed by atoms with Gasteiger partial charge in [-0.15, -0.1) is 0 Å². The second-order valence-corrected chi connectivity index (χ2v) is 6.12. The van der Waals surface area contributed by atoms with Gasteiger partial charge in [0.05, 0.1) is 5.69 Å². The third-order valence-electron chi connectivity index (χ3n) is 4.33. The van der Waals surface area contributed by atoms with Crippen LogP contribution in [0.5, 0.6) is 0 Å². The smallest absolute Gasteiger partial charge is 0.146 e. The monoisotopic (exact) mass is 293 g/mol. The Bertz CT molecular complexity index is 463. The molecule has 1 aromatic rings. The van der Waals surface area contributed by atoms with Crippen LogP contribution in [-0.2, 0) is 0 Å². The van der Waals surface area contributed by atoms with Gasteiger partial charge < -0.3 is 15.1 Å². The zero-order chi connectivity index (χ0) is 15.4. The number of benzene rings is 1. The number of rotatable bonds is 4. The number of nitrogens with zero attached hydrogens (tertiary/aromatic N) is 2. The molecule has 0 saturated carbocycles. The van der Waals surface area contributed by atoms with E-state index in [0.717, 1.165) is 43.9 Å². The average Bonchev–Trinajstić information content (AvgIpc) is 2.59. The Morgan fingerprint density at radius 1 is 1.38 bits per heavy atom. The lowest BCUT2D eigenvalue weighted by Crippen LogP contribution is -2.39. The van der Waals surface area contributed by atoms with E-state index in [1.807, 2.05) is 12.1 Å². The number of hydrogen-bond donors (Lipinski definition) is 1. The summed E-state index contributed by atoms with van der Waals surface area (Å²) in [6, 6.07) is 5.93. The Kier molecular flexibility index (Phi) is 5.59. The van der Waals surface area contributed by atoms with Gasteiger partial charge in [0.1, 0.15) is 5.82 Å². The van der Waals surface area contributed by atoms with Crippen LogP contribution in [0.25, 0.3) is 0 Å². The van der Waals surface area contributed by atoms with Crippen LogP contribution in [0.4, 0.5) is 10.1 Å². The van der Waals surface area contributed by atoms with Crippen LogP contribution in [0, 0.1) is 5.82 Å². The van der Waals surface area contributed by atoms with Crippen molar-refractivity contribution in [1.82, 2.24) is 10.2 Å². The maximum Gasteiger partial charge on any atom is 0.146 e. The van der Waals surface area contributed by atoms with Crippen LogP contribution in [0.1, 0.15) is 38.8 Å². The Hall–Kier alpha value is -1.13. The molecule has 2 rings (SSSR count).